The van der Waals surface area contributed by atoms with Crippen molar-refractivity contribution in [3.05, 3.63) is 0 Å². The molecule has 1 rings (SSSR count). The molecule has 0 radical (unpaired) electrons. The van der Waals surface area contributed by atoms with Crippen LogP contribution in [0.25, 0.3) is 0 Å². The van der Waals surface area contributed by atoms with Crippen molar-refractivity contribution in [2.24, 2.45) is 0 Å². The third-order valence-corrected chi connectivity index (χ3v) is 8.16. The van der Waals surface area contributed by atoms with Crippen molar-refractivity contribution in [1.29, 1.82) is 0 Å². The summed E-state index contributed by atoms with van der Waals surface area (Å²) in [5.74, 6) is -0.640. The number of likely N-dealkylation sites (tertiary alicyclic amines) is 1. The molecular formula is C35H66N2O15S. The number of ether oxygens (including phenoxy) is 12. The molecular weight excluding hydrogens is 720 g/mol. The van der Waals surface area contributed by atoms with Gasteiger partial charge in [-0.15, -0.1) is 11.8 Å². The summed E-state index contributed by atoms with van der Waals surface area (Å²) in [5, 5.41) is 2.65. The first-order valence-corrected chi connectivity index (χ1v) is 19.5. The van der Waals surface area contributed by atoms with E-state index in [1.807, 2.05) is 13.8 Å². The number of carbonyl (C=O) groups is 3. The Balaban J connectivity index is 1.69. The molecule has 1 saturated heterocycles. The zero-order valence-corrected chi connectivity index (χ0v) is 33.0. The molecule has 1 fully saturated rings. The fourth-order valence-electron chi connectivity index (χ4n) is 4.33. The van der Waals surface area contributed by atoms with Crippen molar-refractivity contribution >= 4 is 29.5 Å². The van der Waals surface area contributed by atoms with E-state index in [0.717, 1.165) is 0 Å². The van der Waals surface area contributed by atoms with Crippen LogP contribution in [-0.2, 0) is 71.2 Å². The van der Waals surface area contributed by atoms with Gasteiger partial charge in [0.15, 0.2) is 0 Å². The van der Waals surface area contributed by atoms with Crippen LogP contribution in [0.4, 0.5) is 0 Å². The second kappa shape index (κ2) is 37.4. The minimum absolute atomic E-state index is 0.0777. The van der Waals surface area contributed by atoms with Crippen LogP contribution in [-0.4, -0.2) is 205 Å². The zero-order chi connectivity index (χ0) is 38.5. The minimum Gasteiger partial charge on any atom is -0.382 e. The molecule has 53 heavy (non-hydrogen) atoms. The molecule has 0 spiro atoms. The van der Waals surface area contributed by atoms with Gasteiger partial charge >= 0.3 is 0 Å². The Morgan fingerprint density at radius 3 is 1.23 bits per heavy atom. The molecule has 1 N–H and O–H groups in total. The summed E-state index contributed by atoms with van der Waals surface area (Å²) in [4.78, 5) is 37.7. The Morgan fingerprint density at radius 1 is 0.585 bits per heavy atom. The number of amides is 3. The van der Waals surface area contributed by atoms with Crippen LogP contribution in [0.2, 0.25) is 0 Å². The lowest BCUT2D eigenvalue weighted by Gasteiger charge is -2.15. The molecule has 0 aromatic carbocycles. The third kappa shape index (κ3) is 31.4. The quantitative estimate of drug-likeness (QED) is 0.0673. The summed E-state index contributed by atoms with van der Waals surface area (Å²) in [5.41, 5.74) is 0. The molecule has 17 nitrogen and oxygen atoms in total. The second-order valence-electron chi connectivity index (χ2n) is 11.6. The Hall–Kier alpha value is -1.52. The lowest BCUT2D eigenvalue weighted by molar-refractivity contribution is -0.138. The topological polar surface area (TPSA) is 177 Å². The SMILES string of the molecule is COCCOCCOCCOCCOCCOCCOCCOCCOCCOCCOCCOCCNC(=O)CCN1C(=O)CC(SC(C)C)C1=O. The summed E-state index contributed by atoms with van der Waals surface area (Å²) in [6, 6.07) is 0. The third-order valence-electron chi connectivity index (χ3n) is 6.92. The first-order chi connectivity index (χ1) is 26.0. The van der Waals surface area contributed by atoms with Crippen LogP contribution >= 0.6 is 11.8 Å². The Kier molecular flexibility index (Phi) is 34.9. The molecule has 0 saturated carbocycles. The van der Waals surface area contributed by atoms with Gasteiger partial charge in [0.25, 0.3) is 0 Å². The molecule has 3 amide bonds. The van der Waals surface area contributed by atoms with Crippen molar-refractivity contribution in [1.82, 2.24) is 10.2 Å². The van der Waals surface area contributed by atoms with Gasteiger partial charge in [-0.2, -0.15) is 0 Å². The second-order valence-corrected chi connectivity index (χ2v) is 13.4. The molecule has 0 aliphatic carbocycles. The lowest BCUT2D eigenvalue weighted by atomic mass is 10.3. The summed E-state index contributed by atoms with van der Waals surface area (Å²) in [6.07, 6.45) is 0.282. The highest BCUT2D eigenvalue weighted by atomic mass is 32.2. The first kappa shape index (κ1) is 49.5. The summed E-state index contributed by atoms with van der Waals surface area (Å²) >= 11 is 1.48. The van der Waals surface area contributed by atoms with Crippen LogP contribution in [0, 0.1) is 0 Å². The molecule has 1 unspecified atom stereocenters. The highest BCUT2D eigenvalue weighted by Crippen LogP contribution is 2.28. The van der Waals surface area contributed by atoms with Crippen molar-refractivity contribution in [3.63, 3.8) is 0 Å². The Labute approximate surface area is 319 Å². The van der Waals surface area contributed by atoms with Crippen LogP contribution in [0.3, 0.4) is 0 Å². The largest absolute Gasteiger partial charge is 0.382 e. The molecule has 0 aromatic rings. The van der Waals surface area contributed by atoms with Gasteiger partial charge in [0.1, 0.15) is 0 Å². The number of imide groups is 1. The fraction of sp³-hybridized carbons (Fsp3) is 0.914. The van der Waals surface area contributed by atoms with Crippen molar-refractivity contribution in [3.8, 4) is 0 Å². The van der Waals surface area contributed by atoms with E-state index >= 15 is 0 Å². The highest BCUT2D eigenvalue weighted by Gasteiger charge is 2.39. The highest BCUT2D eigenvalue weighted by molar-refractivity contribution is 8.01. The lowest BCUT2D eigenvalue weighted by Crippen LogP contribution is -2.36. The standard InChI is InChI=1S/C35H66N2O15S/c1-31(2)53-32-30-34(39)37(35(32)40)6-4-33(38)36-5-7-42-10-11-44-14-15-46-18-19-48-22-23-50-26-27-52-29-28-51-25-24-49-21-20-47-17-16-45-13-12-43-9-8-41-3/h31-32H,4-30H2,1-3H3,(H,36,38). The van der Waals surface area contributed by atoms with Gasteiger partial charge in [0.05, 0.1) is 157 Å². The van der Waals surface area contributed by atoms with Gasteiger partial charge in [-0.1, -0.05) is 13.8 Å². The minimum atomic E-state index is -0.342. The van der Waals surface area contributed by atoms with E-state index in [-0.39, 0.29) is 47.6 Å². The van der Waals surface area contributed by atoms with Crippen LogP contribution in [0.1, 0.15) is 26.7 Å². The average molecular weight is 787 g/mol. The number of hydrogen-bond acceptors (Lipinski definition) is 16. The molecule has 312 valence electrons. The van der Waals surface area contributed by atoms with Gasteiger partial charge in [-0.25, -0.2) is 0 Å². The number of nitrogens with zero attached hydrogens (tertiary/aromatic N) is 1. The zero-order valence-electron chi connectivity index (χ0n) is 32.2. The monoisotopic (exact) mass is 786 g/mol. The molecule has 1 heterocycles. The predicted octanol–water partition coefficient (Wildman–Crippen LogP) is 0.591. The maximum atomic E-state index is 12.4. The summed E-state index contributed by atoms with van der Waals surface area (Å²) in [7, 11) is 1.64. The van der Waals surface area contributed by atoms with Gasteiger partial charge < -0.3 is 62.2 Å². The van der Waals surface area contributed by atoms with E-state index in [1.54, 1.807) is 7.11 Å². The van der Waals surface area contributed by atoms with E-state index in [4.69, 9.17) is 56.8 Å². The number of carbonyl (C=O) groups excluding carboxylic acids is 3. The molecule has 0 aromatic heterocycles. The average Bonchev–Trinajstić information content (AvgIpc) is 3.40. The predicted molar refractivity (Wildman–Crippen MR) is 196 cm³/mol. The van der Waals surface area contributed by atoms with Gasteiger partial charge in [-0.3, -0.25) is 19.3 Å². The molecule has 0 bridgehead atoms. The molecule has 18 heteroatoms. The normalized spacial score (nSPS) is 14.6. The number of nitrogens with one attached hydrogen (secondary N) is 1. The molecule has 1 aliphatic rings. The number of methoxy groups -OCH3 is 1. The first-order valence-electron chi connectivity index (χ1n) is 18.6. The van der Waals surface area contributed by atoms with Crippen LogP contribution in [0.15, 0.2) is 0 Å². The van der Waals surface area contributed by atoms with Gasteiger partial charge in [0, 0.05) is 33.0 Å². The van der Waals surface area contributed by atoms with Crippen molar-refractivity contribution in [2.45, 2.75) is 37.2 Å². The van der Waals surface area contributed by atoms with E-state index < -0.39 is 0 Å². The van der Waals surface area contributed by atoms with E-state index in [1.165, 1.54) is 16.7 Å². The number of rotatable bonds is 41. The summed E-state index contributed by atoms with van der Waals surface area (Å²) in [6.45, 7) is 15.6. The van der Waals surface area contributed by atoms with E-state index in [9.17, 15) is 14.4 Å². The van der Waals surface area contributed by atoms with Gasteiger partial charge in [-0.05, 0) is 5.25 Å². The Morgan fingerprint density at radius 2 is 0.906 bits per heavy atom. The van der Waals surface area contributed by atoms with Crippen molar-refractivity contribution in [2.75, 3.05) is 172 Å². The van der Waals surface area contributed by atoms with E-state index in [0.29, 0.717) is 159 Å². The molecule has 1 atom stereocenters. The summed E-state index contributed by atoms with van der Waals surface area (Å²) < 4.78 is 64.8. The smallest absolute Gasteiger partial charge is 0.242 e. The van der Waals surface area contributed by atoms with Gasteiger partial charge in [0.2, 0.25) is 17.7 Å². The fourth-order valence-corrected chi connectivity index (χ4v) is 5.47. The van der Waals surface area contributed by atoms with Crippen LogP contribution in [0.5, 0.6) is 0 Å². The number of hydrogen-bond donors (Lipinski definition) is 1. The Bertz CT molecular complexity index is 877. The van der Waals surface area contributed by atoms with Crippen molar-refractivity contribution < 1.29 is 71.2 Å². The molecule has 1 aliphatic heterocycles. The van der Waals surface area contributed by atoms with Crippen LogP contribution < -0.4 is 5.32 Å². The maximum absolute atomic E-state index is 12.4. The van der Waals surface area contributed by atoms with E-state index in [2.05, 4.69) is 5.32 Å². The maximum Gasteiger partial charge on any atom is 0.242 e. The number of thioether (sulfide) groups is 1.